The first-order valence-corrected chi connectivity index (χ1v) is 9.41. The lowest BCUT2D eigenvalue weighted by Gasteiger charge is -2.31. The van der Waals surface area contributed by atoms with Crippen molar-refractivity contribution in [3.8, 4) is 11.5 Å². The van der Waals surface area contributed by atoms with Gasteiger partial charge in [-0.2, -0.15) is 10.1 Å². The first-order chi connectivity index (χ1) is 13.1. The van der Waals surface area contributed by atoms with Gasteiger partial charge in [-0.1, -0.05) is 17.3 Å². The van der Waals surface area contributed by atoms with E-state index in [4.69, 9.17) is 4.52 Å². The second-order valence-electron chi connectivity index (χ2n) is 7.38. The molecule has 0 amide bonds. The third kappa shape index (κ3) is 4.26. The third-order valence-corrected chi connectivity index (χ3v) is 5.07. The highest BCUT2D eigenvalue weighted by molar-refractivity contribution is 5.53. The summed E-state index contributed by atoms with van der Waals surface area (Å²) in [5.41, 5.74) is 4.36. The largest absolute Gasteiger partial charge is 0.334 e. The molecule has 0 bridgehead atoms. The number of hydrogen-bond donors (Lipinski definition) is 0. The van der Waals surface area contributed by atoms with Gasteiger partial charge in [-0.15, -0.1) is 0 Å². The smallest absolute Gasteiger partial charge is 0.257 e. The first-order valence-electron chi connectivity index (χ1n) is 9.41. The maximum absolute atomic E-state index is 5.48. The topological polar surface area (TPSA) is 63.2 Å². The van der Waals surface area contributed by atoms with Gasteiger partial charge in [0.2, 0.25) is 0 Å². The predicted octanol–water partition coefficient (Wildman–Crippen LogP) is 2.35. The van der Waals surface area contributed by atoms with Gasteiger partial charge in [-0.05, 0) is 44.7 Å². The number of nitrogens with zero attached hydrogens (tertiary/aromatic N) is 6. The summed E-state index contributed by atoms with van der Waals surface area (Å²) in [6, 6.07) is 10.4. The Balaban J connectivity index is 1.40. The van der Waals surface area contributed by atoms with E-state index in [-0.39, 0.29) is 0 Å². The van der Waals surface area contributed by atoms with Crippen molar-refractivity contribution in [1.29, 1.82) is 0 Å². The molecule has 142 valence electrons. The molecule has 0 aliphatic carbocycles. The van der Waals surface area contributed by atoms with E-state index >= 15 is 0 Å². The van der Waals surface area contributed by atoms with Gasteiger partial charge < -0.3 is 9.42 Å². The summed E-state index contributed by atoms with van der Waals surface area (Å²) in [5, 5.41) is 8.67. The molecule has 27 heavy (non-hydrogen) atoms. The predicted molar refractivity (Wildman–Crippen MR) is 103 cm³/mol. The zero-order chi connectivity index (χ0) is 18.8. The Kier molecular flexibility index (Phi) is 5.05. The minimum Gasteiger partial charge on any atom is -0.334 e. The van der Waals surface area contributed by atoms with Crippen LogP contribution in [0, 0.1) is 13.8 Å². The molecule has 7 nitrogen and oxygen atoms in total. The van der Waals surface area contributed by atoms with Gasteiger partial charge in [-0.25, -0.2) is 0 Å². The van der Waals surface area contributed by atoms with Crippen LogP contribution in [0.25, 0.3) is 11.5 Å². The van der Waals surface area contributed by atoms with Crippen molar-refractivity contribution in [3.63, 3.8) is 0 Å². The van der Waals surface area contributed by atoms with Crippen molar-refractivity contribution < 1.29 is 4.52 Å². The van der Waals surface area contributed by atoms with Crippen LogP contribution in [0.1, 0.15) is 22.8 Å². The monoisotopic (exact) mass is 366 g/mol. The molecule has 1 aliphatic rings. The summed E-state index contributed by atoms with van der Waals surface area (Å²) in [4.78, 5) is 9.28. The van der Waals surface area contributed by atoms with E-state index in [1.165, 1.54) is 11.3 Å². The van der Waals surface area contributed by atoms with Crippen LogP contribution in [0.4, 0.5) is 0 Å². The molecule has 0 spiro atoms. The normalized spacial score (nSPS) is 16.1. The molecule has 0 radical (unpaired) electrons. The zero-order valence-electron chi connectivity index (χ0n) is 16.2. The van der Waals surface area contributed by atoms with Crippen LogP contribution in [-0.2, 0) is 13.1 Å². The molecule has 0 N–H and O–H groups in total. The summed E-state index contributed by atoms with van der Waals surface area (Å²) < 4.78 is 7.50. The summed E-state index contributed by atoms with van der Waals surface area (Å²) in [6.07, 6.45) is 0. The number of rotatable bonds is 5. The highest BCUT2D eigenvalue weighted by atomic mass is 16.5. The van der Waals surface area contributed by atoms with E-state index in [0.29, 0.717) is 5.89 Å². The van der Waals surface area contributed by atoms with E-state index < -0.39 is 0 Å². The number of piperazine rings is 1. The molecule has 4 rings (SSSR count). The van der Waals surface area contributed by atoms with Crippen LogP contribution < -0.4 is 0 Å². The fraction of sp³-hybridized carbons (Fsp3) is 0.450. The lowest BCUT2D eigenvalue weighted by atomic mass is 10.1. The molecule has 3 heterocycles. The molecule has 3 aromatic rings. The number of aromatic nitrogens is 4. The van der Waals surface area contributed by atoms with E-state index in [9.17, 15) is 0 Å². The Morgan fingerprint density at radius 2 is 1.74 bits per heavy atom. The minimum atomic E-state index is 0.580. The van der Waals surface area contributed by atoms with Crippen molar-refractivity contribution >= 4 is 0 Å². The number of aryl methyl sites for hydroxylation is 2. The van der Waals surface area contributed by atoms with E-state index in [0.717, 1.165) is 56.4 Å². The fourth-order valence-corrected chi connectivity index (χ4v) is 3.40. The second kappa shape index (κ2) is 7.62. The van der Waals surface area contributed by atoms with Crippen molar-refractivity contribution in [2.45, 2.75) is 26.9 Å². The number of hydrogen-bond acceptors (Lipinski definition) is 6. The lowest BCUT2D eigenvalue weighted by molar-refractivity contribution is 0.144. The van der Waals surface area contributed by atoms with Gasteiger partial charge in [0.25, 0.3) is 5.89 Å². The van der Waals surface area contributed by atoms with Crippen LogP contribution in [0.5, 0.6) is 0 Å². The Hall–Kier alpha value is -2.51. The standard InChI is InChI=1S/C20H26N6O/c1-15-12-16(2)26(22-15)13-17-4-6-18(7-5-17)20-21-19(23-27-20)14-25-10-8-24(3)9-11-25/h4-7,12H,8-11,13-14H2,1-3H3. The number of likely N-dealkylation sites (N-methyl/N-ethyl adjacent to an activating group) is 1. The van der Waals surface area contributed by atoms with E-state index in [2.05, 4.69) is 57.2 Å². The Labute approximate surface area is 159 Å². The van der Waals surface area contributed by atoms with Crippen LogP contribution in [0.3, 0.4) is 0 Å². The van der Waals surface area contributed by atoms with Crippen molar-refractivity contribution in [2.24, 2.45) is 0 Å². The molecule has 1 fully saturated rings. The van der Waals surface area contributed by atoms with E-state index in [1.807, 2.05) is 23.7 Å². The molecule has 1 aliphatic heterocycles. The molecule has 0 saturated carbocycles. The Morgan fingerprint density at radius 3 is 2.41 bits per heavy atom. The summed E-state index contributed by atoms with van der Waals surface area (Å²) in [7, 11) is 2.16. The van der Waals surface area contributed by atoms with Gasteiger partial charge in [0.1, 0.15) is 0 Å². The summed E-state index contributed by atoms with van der Waals surface area (Å²) >= 11 is 0. The van der Waals surface area contributed by atoms with Crippen molar-refractivity contribution in [2.75, 3.05) is 33.2 Å². The Morgan fingerprint density at radius 1 is 1.00 bits per heavy atom. The molecule has 1 aromatic carbocycles. The first kappa shape index (κ1) is 17.9. The SMILES string of the molecule is Cc1cc(C)n(Cc2ccc(-c3nc(CN4CCN(C)CC4)no3)cc2)n1. The van der Waals surface area contributed by atoms with Crippen LogP contribution in [0.15, 0.2) is 34.9 Å². The van der Waals surface area contributed by atoms with Gasteiger partial charge >= 0.3 is 0 Å². The highest BCUT2D eigenvalue weighted by Crippen LogP contribution is 2.19. The van der Waals surface area contributed by atoms with Gasteiger partial charge in [0.15, 0.2) is 5.82 Å². The quantitative estimate of drug-likeness (QED) is 0.691. The molecular weight excluding hydrogens is 340 g/mol. The maximum atomic E-state index is 5.48. The molecular formula is C20H26N6O. The molecule has 7 heteroatoms. The fourth-order valence-electron chi connectivity index (χ4n) is 3.40. The average Bonchev–Trinajstić information content (AvgIpc) is 3.24. The van der Waals surface area contributed by atoms with Crippen molar-refractivity contribution in [1.82, 2.24) is 29.7 Å². The van der Waals surface area contributed by atoms with Crippen molar-refractivity contribution in [3.05, 3.63) is 53.1 Å². The maximum Gasteiger partial charge on any atom is 0.257 e. The lowest BCUT2D eigenvalue weighted by Crippen LogP contribution is -2.44. The molecule has 1 saturated heterocycles. The van der Waals surface area contributed by atoms with E-state index in [1.54, 1.807) is 0 Å². The number of benzene rings is 1. The second-order valence-corrected chi connectivity index (χ2v) is 7.38. The van der Waals surface area contributed by atoms with Crippen LogP contribution in [0.2, 0.25) is 0 Å². The third-order valence-electron chi connectivity index (χ3n) is 5.07. The van der Waals surface area contributed by atoms with Gasteiger partial charge in [0, 0.05) is 37.4 Å². The summed E-state index contributed by atoms with van der Waals surface area (Å²) in [5.74, 6) is 1.33. The van der Waals surface area contributed by atoms with Crippen LogP contribution in [-0.4, -0.2) is 62.9 Å². The Bertz CT molecular complexity index is 890. The van der Waals surface area contributed by atoms with Gasteiger partial charge in [0.05, 0.1) is 18.8 Å². The van der Waals surface area contributed by atoms with Crippen LogP contribution >= 0.6 is 0 Å². The molecule has 2 aromatic heterocycles. The molecule has 0 unspecified atom stereocenters. The summed E-state index contributed by atoms with van der Waals surface area (Å²) in [6.45, 7) is 9.86. The zero-order valence-corrected chi connectivity index (χ0v) is 16.2. The average molecular weight is 366 g/mol. The molecule has 0 atom stereocenters. The minimum absolute atomic E-state index is 0.580. The van der Waals surface area contributed by atoms with Gasteiger partial charge in [-0.3, -0.25) is 9.58 Å². The highest BCUT2D eigenvalue weighted by Gasteiger charge is 2.17.